The summed E-state index contributed by atoms with van der Waals surface area (Å²) in [6.45, 7) is 12.2. The Balaban J connectivity index is 2.11. The highest BCUT2D eigenvalue weighted by Gasteiger charge is 2.24. The fourth-order valence-electron chi connectivity index (χ4n) is 2.90. The lowest BCUT2D eigenvalue weighted by Crippen LogP contribution is -2.40. The molecule has 0 saturated carbocycles. The van der Waals surface area contributed by atoms with E-state index in [1.165, 1.54) is 11.3 Å². The molecular formula is C17H27ClN2S. The van der Waals surface area contributed by atoms with Crippen LogP contribution >= 0.6 is 23.4 Å². The highest BCUT2D eigenvalue weighted by Crippen LogP contribution is 2.34. The van der Waals surface area contributed by atoms with Crippen molar-refractivity contribution in [1.29, 1.82) is 0 Å². The third-order valence-corrected chi connectivity index (χ3v) is 5.46. The Morgan fingerprint density at radius 2 is 2.00 bits per heavy atom. The first-order valence-corrected chi connectivity index (χ1v) is 9.26. The normalized spacial score (nSPS) is 24.1. The molecule has 0 amide bonds. The van der Waals surface area contributed by atoms with Crippen LogP contribution in [0.15, 0.2) is 18.2 Å². The Bertz CT molecular complexity index is 456. The second-order valence-electron chi connectivity index (χ2n) is 6.05. The first-order valence-electron chi connectivity index (χ1n) is 7.94. The Kier molecular flexibility index (Phi) is 6.27. The summed E-state index contributed by atoms with van der Waals surface area (Å²) in [5.41, 5.74) is 2.45. The van der Waals surface area contributed by atoms with Crippen LogP contribution in [0.4, 0.5) is 5.69 Å². The van der Waals surface area contributed by atoms with Crippen LogP contribution in [-0.2, 0) is 0 Å². The molecule has 1 heterocycles. The average Bonchev–Trinajstić information content (AvgIpc) is 2.43. The van der Waals surface area contributed by atoms with Gasteiger partial charge in [-0.1, -0.05) is 38.4 Å². The number of benzene rings is 1. The van der Waals surface area contributed by atoms with E-state index in [1.807, 2.05) is 0 Å². The number of nitrogens with zero attached hydrogens (tertiary/aromatic N) is 1. The van der Waals surface area contributed by atoms with E-state index in [2.05, 4.69) is 67.9 Å². The maximum absolute atomic E-state index is 6.56. The molecule has 1 aromatic rings. The fraction of sp³-hybridized carbons (Fsp3) is 0.647. The van der Waals surface area contributed by atoms with E-state index in [1.54, 1.807) is 0 Å². The molecule has 4 heteroatoms. The lowest BCUT2D eigenvalue weighted by molar-refractivity contribution is 0.570. The molecule has 0 bridgehead atoms. The Morgan fingerprint density at radius 1 is 1.33 bits per heavy atom. The van der Waals surface area contributed by atoms with Gasteiger partial charge in [0.15, 0.2) is 0 Å². The van der Waals surface area contributed by atoms with Crippen molar-refractivity contribution in [2.24, 2.45) is 0 Å². The molecule has 0 aliphatic carbocycles. The number of nitrogens with one attached hydrogen (secondary N) is 1. The molecule has 1 N–H and O–H groups in total. The average molecular weight is 327 g/mol. The van der Waals surface area contributed by atoms with Gasteiger partial charge in [0.25, 0.3) is 0 Å². The zero-order valence-electron chi connectivity index (χ0n) is 13.5. The van der Waals surface area contributed by atoms with Crippen LogP contribution in [-0.4, -0.2) is 30.1 Å². The van der Waals surface area contributed by atoms with E-state index in [0.29, 0.717) is 16.5 Å². The molecule has 118 valence electrons. The molecule has 21 heavy (non-hydrogen) atoms. The van der Waals surface area contributed by atoms with Crippen molar-refractivity contribution in [2.75, 3.05) is 24.5 Å². The van der Waals surface area contributed by atoms with Gasteiger partial charge in [-0.05, 0) is 37.6 Å². The number of thioether (sulfide) groups is 1. The predicted octanol–water partition coefficient (Wildman–Crippen LogP) is 4.73. The monoisotopic (exact) mass is 326 g/mol. The van der Waals surface area contributed by atoms with Crippen LogP contribution in [0.5, 0.6) is 0 Å². The molecule has 0 aromatic heterocycles. The van der Waals surface area contributed by atoms with Gasteiger partial charge in [0, 0.05) is 29.6 Å². The zero-order valence-corrected chi connectivity index (χ0v) is 15.1. The van der Waals surface area contributed by atoms with Gasteiger partial charge < -0.3 is 10.2 Å². The van der Waals surface area contributed by atoms with Crippen molar-refractivity contribution in [3.63, 3.8) is 0 Å². The summed E-state index contributed by atoms with van der Waals surface area (Å²) >= 11 is 8.63. The lowest BCUT2D eigenvalue weighted by atomic mass is 10.1. The van der Waals surface area contributed by atoms with Gasteiger partial charge in [-0.3, -0.25) is 0 Å². The molecule has 0 spiro atoms. The van der Waals surface area contributed by atoms with Gasteiger partial charge in [0.05, 0.1) is 10.7 Å². The minimum absolute atomic E-state index is 0.353. The molecule has 1 aromatic carbocycles. The lowest BCUT2D eigenvalue weighted by Gasteiger charge is -2.36. The number of anilines is 1. The largest absolute Gasteiger partial charge is 0.368 e. The van der Waals surface area contributed by atoms with Crippen molar-refractivity contribution in [2.45, 2.75) is 50.7 Å². The molecular weight excluding hydrogens is 300 g/mol. The standard InChI is InChI=1S/C17H27ClN2S/c1-5-8-19-14(4)15-6-7-17(16(18)9-15)20-10-12(2)21-13(3)11-20/h6-7,9,12-14,19H,5,8,10-11H2,1-4H3. The molecule has 0 radical (unpaired) electrons. The van der Waals surface area contributed by atoms with Crippen molar-refractivity contribution < 1.29 is 0 Å². The number of halogens is 1. The maximum atomic E-state index is 6.56. The number of rotatable bonds is 5. The highest BCUT2D eigenvalue weighted by atomic mass is 35.5. The maximum Gasteiger partial charge on any atom is 0.0642 e. The van der Waals surface area contributed by atoms with Crippen LogP contribution in [0.1, 0.15) is 45.7 Å². The first-order chi connectivity index (χ1) is 10.0. The van der Waals surface area contributed by atoms with Gasteiger partial charge in [-0.15, -0.1) is 0 Å². The van der Waals surface area contributed by atoms with E-state index in [-0.39, 0.29) is 0 Å². The predicted molar refractivity (Wildman–Crippen MR) is 96.9 cm³/mol. The first kappa shape index (κ1) is 17.0. The van der Waals surface area contributed by atoms with E-state index >= 15 is 0 Å². The quantitative estimate of drug-likeness (QED) is 0.842. The molecule has 1 saturated heterocycles. The molecule has 2 nitrogen and oxygen atoms in total. The molecule has 3 unspecified atom stereocenters. The van der Waals surface area contributed by atoms with Gasteiger partial charge in [-0.25, -0.2) is 0 Å². The second-order valence-corrected chi connectivity index (χ2v) is 8.34. The Hall–Kier alpha value is -0.380. The summed E-state index contributed by atoms with van der Waals surface area (Å²) < 4.78 is 0. The van der Waals surface area contributed by atoms with Crippen LogP contribution < -0.4 is 10.2 Å². The summed E-state index contributed by atoms with van der Waals surface area (Å²) in [6.07, 6.45) is 1.15. The van der Waals surface area contributed by atoms with Gasteiger partial charge >= 0.3 is 0 Å². The zero-order chi connectivity index (χ0) is 15.4. The SMILES string of the molecule is CCCNC(C)c1ccc(N2CC(C)SC(C)C2)c(Cl)c1. The van der Waals surface area contributed by atoms with E-state index in [9.17, 15) is 0 Å². The summed E-state index contributed by atoms with van der Waals surface area (Å²) in [5.74, 6) is 0. The smallest absolute Gasteiger partial charge is 0.0642 e. The summed E-state index contributed by atoms with van der Waals surface area (Å²) in [4.78, 5) is 2.43. The van der Waals surface area contributed by atoms with Gasteiger partial charge in [0.1, 0.15) is 0 Å². The summed E-state index contributed by atoms with van der Waals surface area (Å²) in [7, 11) is 0. The number of hydrogen-bond acceptors (Lipinski definition) is 3. The van der Waals surface area contributed by atoms with Crippen LogP contribution in [0, 0.1) is 0 Å². The molecule has 2 rings (SSSR count). The van der Waals surface area contributed by atoms with E-state index in [0.717, 1.165) is 31.1 Å². The summed E-state index contributed by atoms with van der Waals surface area (Å²) in [6, 6.07) is 6.88. The molecule has 3 atom stereocenters. The van der Waals surface area contributed by atoms with Crippen molar-refractivity contribution in [3.05, 3.63) is 28.8 Å². The van der Waals surface area contributed by atoms with Crippen molar-refractivity contribution >= 4 is 29.1 Å². The molecule has 1 fully saturated rings. The van der Waals surface area contributed by atoms with E-state index < -0.39 is 0 Å². The topological polar surface area (TPSA) is 15.3 Å². The van der Waals surface area contributed by atoms with Crippen molar-refractivity contribution in [3.8, 4) is 0 Å². The van der Waals surface area contributed by atoms with E-state index in [4.69, 9.17) is 11.6 Å². The second kappa shape index (κ2) is 7.75. The summed E-state index contributed by atoms with van der Waals surface area (Å²) in [5, 5.41) is 5.72. The van der Waals surface area contributed by atoms with Crippen LogP contribution in [0.3, 0.4) is 0 Å². The minimum atomic E-state index is 0.353. The van der Waals surface area contributed by atoms with Crippen LogP contribution in [0.25, 0.3) is 0 Å². The molecule has 1 aliphatic rings. The highest BCUT2D eigenvalue weighted by molar-refractivity contribution is 8.00. The Morgan fingerprint density at radius 3 is 2.57 bits per heavy atom. The minimum Gasteiger partial charge on any atom is -0.368 e. The van der Waals surface area contributed by atoms with Crippen molar-refractivity contribution in [1.82, 2.24) is 5.32 Å². The van der Waals surface area contributed by atoms with Gasteiger partial charge in [0.2, 0.25) is 0 Å². The van der Waals surface area contributed by atoms with Gasteiger partial charge in [-0.2, -0.15) is 11.8 Å². The Labute approximate surface area is 138 Å². The number of hydrogen-bond donors (Lipinski definition) is 1. The molecule has 1 aliphatic heterocycles. The fourth-order valence-corrected chi connectivity index (χ4v) is 4.54. The van der Waals surface area contributed by atoms with Crippen LogP contribution in [0.2, 0.25) is 5.02 Å². The third kappa shape index (κ3) is 4.54. The third-order valence-electron chi connectivity index (χ3n) is 3.93.